The summed E-state index contributed by atoms with van der Waals surface area (Å²) in [5, 5.41) is 3.40. The van der Waals surface area contributed by atoms with Crippen LogP contribution in [0.2, 0.25) is 0 Å². The van der Waals surface area contributed by atoms with E-state index in [0.717, 1.165) is 55.2 Å². The van der Waals surface area contributed by atoms with Crippen LogP contribution < -0.4 is 19.5 Å². The first-order valence-electron chi connectivity index (χ1n) is 7.66. The molecule has 1 spiro atoms. The average Bonchev–Trinajstić information content (AvgIpc) is 2.53. The molecule has 1 aromatic carbocycles. The van der Waals surface area contributed by atoms with Crippen LogP contribution in [0.5, 0.6) is 17.2 Å². The van der Waals surface area contributed by atoms with Crippen LogP contribution in [0.15, 0.2) is 12.1 Å². The quantitative estimate of drug-likeness (QED) is 0.858. The number of ether oxygens (including phenoxy) is 4. The lowest BCUT2D eigenvalue weighted by Gasteiger charge is -2.44. The van der Waals surface area contributed by atoms with E-state index >= 15 is 0 Å². The van der Waals surface area contributed by atoms with Crippen molar-refractivity contribution in [2.24, 2.45) is 0 Å². The summed E-state index contributed by atoms with van der Waals surface area (Å²) in [5.41, 5.74) is 0.966. The van der Waals surface area contributed by atoms with Crippen LogP contribution in [0.25, 0.3) is 0 Å². The molecule has 1 aromatic rings. The van der Waals surface area contributed by atoms with Crippen molar-refractivity contribution in [3.05, 3.63) is 17.7 Å². The number of benzene rings is 1. The molecule has 3 heterocycles. The first-order chi connectivity index (χ1) is 10.3. The highest BCUT2D eigenvalue weighted by Gasteiger charge is 2.42. The van der Waals surface area contributed by atoms with E-state index in [9.17, 15) is 0 Å². The highest BCUT2D eigenvalue weighted by Crippen LogP contribution is 2.49. The maximum Gasteiger partial charge on any atom is 0.165 e. The van der Waals surface area contributed by atoms with Crippen LogP contribution in [0.3, 0.4) is 0 Å². The molecule has 1 saturated heterocycles. The third-order valence-corrected chi connectivity index (χ3v) is 4.70. The third kappa shape index (κ3) is 2.24. The van der Waals surface area contributed by atoms with Crippen LogP contribution in [-0.4, -0.2) is 39.0 Å². The van der Waals surface area contributed by atoms with E-state index < -0.39 is 0 Å². The summed E-state index contributed by atoms with van der Waals surface area (Å²) in [5.74, 6) is 2.46. The molecule has 1 fully saturated rings. The molecule has 0 aromatic heterocycles. The molecule has 1 unspecified atom stereocenters. The van der Waals surface area contributed by atoms with E-state index in [4.69, 9.17) is 18.9 Å². The van der Waals surface area contributed by atoms with Crippen LogP contribution in [-0.2, 0) is 4.74 Å². The minimum absolute atomic E-state index is 0.0580. The lowest BCUT2D eigenvalue weighted by atomic mass is 9.82. The first kappa shape index (κ1) is 13.2. The molecular weight excluding hydrogens is 270 g/mol. The number of hydrogen-bond donors (Lipinski definition) is 1. The largest absolute Gasteiger partial charge is 0.487 e. The van der Waals surface area contributed by atoms with Crippen molar-refractivity contribution in [2.45, 2.75) is 31.0 Å². The lowest BCUT2D eigenvalue weighted by Crippen LogP contribution is -2.49. The summed E-state index contributed by atoms with van der Waals surface area (Å²) in [6.07, 6.45) is 2.99. The fourth-order valence-corrected chi connectivity index (χ4v) is 3.55. The summed E-state index contributed by atoms with van der Waals surface area (Å²) in [7, 11) is 1.77. The number of fused-ring (bicyclic) bond motifs is 2. The normalized spacial score (nSPS) is 26.0. The zero-order valence-corrected chi connectivity index (χ0v) is 12.3. The fraction of sp³-hybridized carbons (Fsp3) is 0.625. The maximum atomic E-state index is 6.40. The van der Waals surface area contributed by atoms with Gasteiger partial charge < -0.3 is 24.3 Å². The van der Waals surface area contributed by atoms with E-state index in [1.54, 1.807) is 7.11 Å². The minimum atomic E-state index is -0.108. The van der Waals surface area contributed by atoms with Crippen molar-refractivity contribution in [3.8, 4) is 17.2 Å². The predicted molar refractivity (Wildman–Crippen MR) is 77.3 cm³/mol. The molecule has 0 radical (unpaired) electrons. The Balaban J connectivity index is 1.73. The van der Waals surface area contributed by atoms with Gasteiger partial charge in [0.05, 0.1) is 6.10 Å². The molecule has 0 bridgehead atoms. The molecule has 4 rings (SSSR count). The Morgan fingerprint density at radius 2 is 1.81 bits per heavy atom. The van der Waals surface area contributed by atoms with Crippen molar-refractivity contribution in [3.63, 3.8) is 0 Å². The Hall–Kier alpha value is -1.46. The van der Waals surface area contributed by atoms with Gasteiger partial charge in [0.15, 0.2) is 11.5 Å². The molecule has 3 aliphatic heterocycles. The van der Waals surface area contributed by atoms with Crippen molar-refractivity contribution in [2.75, 3.05) is 33.4 Å². The highest BCUT2D eigenvalue weighted by atomic mass is 16.6. The van der Waals surface area contributed by atoms with Gasteiger partial charge in [0.1, 0.15) is 24.6 Å². The van der Waals surface area contributed by atoms with E-state index in [2.05, 4.69) is 5.32 Å². The van der Waals surface area contributed by atoms with Crippen LogP contribution in [0.1, 0.15) is 30.9 Å². The maximum absolute atomic E-state index is 6.40. The van der Waals surface area contributed by atoms with E-state index in [1.165, 1.54) is 0 Å². The third-order valence-electron chi connectivity index (χ3n) is 4.70. The van der Waals surface area contributed by atoms with Gasteiger partial charge in [-0.1, -0.05) is 0 Å². The van der Waals surface area contributed by atoms with Crippen LogP contribution in [0.4, 0.5) is 0 Å². The predicted octanol–water partition coefficient (Wildman–Crippen LogP) is 2.05. The molecule has 21 heavy (non-hydrogen) atoms. The van der Waals surface area contributed by atoms with Gasteiger partial charge in [-0.3, -0.25) is 0 Å². The lowest BCUT2D eigenvalue weighted by molar-refractivity contribution is -0.0483. The topological polar surface area (TPSA) is 49.0 Å². The van der Waals surface area contributed by atoms with Gasteiger partial charge in [-0.25, -0.2) is 0 Å². The SMILES string of the molecule is COC1CC2(CCNCC2)Oc2cc3c(cc21)OCCO3. The van der Waals surface area contributed by atoms with Gasteiger partial charge in [0, 0.05) is 25.2 Å². The summed E-state index contributed by atoms with van der Waals surface area (Å²) in [6, 6.07) is 3.99. The molecule has 0 saturated carbocycles. The standard InChI is InChI=1S/C16H21NO4/c1-18-15-10-16(2-4-17-5-3-16)21-12-9-14-13(8-11(12)15)19-6-7-20-14/h8-9,15,17H,2-7,10H2,1H3. The van der Waals surface area contributed by atoms with Crippen molar-refractivity contribution in [1.29, 1.82) is 0 Å². The molecule has 0 aliphatic carbocycles. The monoisotopic (exact) mass is 291 g/mol. The number of piperidine rings is 1. The van der Waals surface area contributed by atoms with Gasteiger partial charge in [0.25, 0.3) is 0 Å². The van der Waals surface area contributed by atoms with Crippen LogP contribution >= 0.6 is 0 Å². The van der Waals surface area contributed by atoms with Gasteiger partial charge in [-0.15, -0.1) is 0 Å². The molecule has 5 heteroatoms. The average molecular weight is 291 g/mol. The van der Waals surface area contributed by atoms with E-state index in [1.807, 2.05) is 12.1 Å². The van der Waals surface area contributed by atoms with Gasteiger partial charge in [-0.2, -0.15) is 0 Å². The molecule has 5 nitrogen and oxygen atoms in total. The Morgan fingerprint density at radius 3 is 2.52 bits per heavy atom. The zero-order chi connectivity index (χ0) is 14.3. The Labute approximate surface area is 124 Å². The highest BCUT2D eigenvalue weighted by molar-refractivity contribution is 5.53. The number of hydrogen-bond acceptors (Lipinski definition) is 5. The molecule has 1 N–H and O–H groups in total. The summed E-state index contributed by atoms with van der Waals surface area (Å²) < 4.78 is 23.5. The summed E-state index contributed by atoms with van der Waals surface area (Å²) in [4.78, 5) is 0. The first-order valence-corrected chi connectivity index (χ1v) is 7.66. The van der Waals surface area contributed by atoms with Crippen LogP contribution in [0, 0.1) is 0 Å². The fourth-order valence-electron chi connectivity index (χ4n) is 3.55. The number of rotatable bonds is 1. The molecule has 0 amide bonds. The van der Waals surface area contributed by atoms with Gasteiger partial charge in [-0.05, 0) is 32.0 Å². The number of nitrogens with one attached hydrogen (secondary N) is 1. The second kappa shape index (κ2) is 5.07. The van der Waals surface area contributed by atoms with Crippen molar-refractivity contribution < 1.29 is 18.9 Å². The Kier molecular flexibility index (Phi) is 3.19. The van der Waals surface area contributed by atoms with Crippen molar-refractivity contribution in [1.82, 2.24) is 5.32 Å². The van der Waals surface area contributed by atoms with Gasteiger partial charge >= 0.3 is 0 Å². The Bertz CT molecular complexity index is 539. The van der Waals surface area contributed by atoms with E-state index in [0.29, 0.717) is 13.2 Å². The second-order valence-corrected chi connectivity index (χ2v) is 6.00. The molecular formula is C16H21NO4. The Morgan fingerprint density at radius 1 is 1.10 bits per heavy atom. The smallest absolute Gasteiger partial charge is 0.165 e. The molecule has 114 valence electrons. The number of methoxy groups -OCH3 is 1. The zero-order valence-electron chi connectivity index (χ0n) is 12.3. The summed E-state index contributed by atoms with van der Waals surface area (Å²) >= 11 is 0. The van der Waals surface area contributed by atoms with E-state index in [-0.39, 0.29) is 11.7 Å². The molecule has 3 aliphatic rings. The second-order valence-electron chi connectivity index (χ2n) is 6.00. The molecule has 1 atom stereocenters. The van der Waals surface area contributed by atoms with Gasteiger partial charge in [0.2, 0.25) is 0 Å². The minimum Gasteiger partial charge on any atom is -0.487 e. The van der Waals surface area contributed by atoms with Crippen molar-refractivity contribution >= 4 is 0 Å². The summed E-state index contributed by atoms with van der Waals surface area (Å²) in [6.45, 7) is 3.18.